The van der Waals surface area contributed by atoms with Gasteiger partial charge in [0.2, 0.25) is 5.88 Å². The van der Waals surface area contributed by atoms with Crippen LogP contribution in [-0.2, 0) is 9.53 Å². The fraction of sp³-hybridized carbons (Fsp3) is 0.711. The highest BCUT2D eigenvalue weighted by atomic mass is 35.5. The zero-order valence-electron chi connectivity index (χ0n) is 30.5. The molecule has 1 aromatic carbocycles. The van der Waals surface area contributed by atoms with E-state index in [0.29, 0.717) is 38.8 Å². The summed E-state index contributed by atoms with van der Waals surface area (Å²) >= 11 is 18.9. The molecule has 2 atom stereocenters. The number of aromatic nitrogens is 4. The lowest BCUT2D eigenvalue weighted by atomic mass is 9.84. The standard InChI is InChI=1S/C38H60Cl3N5O3/c1-6-7-8-9-10-11-12-13-14-15-16-17-18-19-20-21-22-32(47)49-36(28(2)26-38(3,4)5)42-27-48-37-33(41)35-44-43-34(46(35)45-37)29-23-24-30(39)31(40)25-29/h23-25,28,36,42,45H,6-22,26-27H2,1-5H3. The van der Waals surface area contributed by atoms with E-state index in [0.717, 1.165) is 24.8 Å². The average Bonchev–Trinajstić information content (AvgIpc) is 3.60. The highest BCUT2D eigenvalue weighted by molar-refractivity contribution is 6.42. The number of nitrogens with one attached hydrogen (secondary N) is 2. The van der Waals surface area contributed by atoms with Crippen LogP contribution in [0.15, 0.2) is 18.2 Å². The zero-order valence-corrected chi connectivity index (χ0v) is 32.8. The summed E-state index contributed by atoms with van der Waals surface area (Å²) in [7, 11) is 0. The van der Waals surface area contributed by atoms with Crippen LogP contribution in [-0.4, -0.2) is 38.7 Å². The van der Waals surface area contributed by atoms with Crippen molar-refractivity contribution in [1.82, 2.24) is 25.1 Å². The molecule has 0 saturated heterocycles. The Kier molecular flexibility index (Phi) is 18.6. The van der Waals surface area contributed by atoms with Crippen molar-refractivity contribution in [2.45, 2.75) is 156 Å². The summed E-state index contributed by atoms with van der Waals surface area (Å²) in [5.41, 5.74) is 1.21. The zero-order chi connectivity index (χ0) is 35.6. The summed E-state index contributed by atoms with van der Waals surface area (Å²) in [6.45, 7) is 11.0. The Hall–Kier alpha value is -2.00. The van der Waals surface area contributed by atoms with Crippen molar-refractivity contribution in [3.05, 3.63) is 33.3 Å². The maximum absolute atomic E-state index is 12.9. The largest absolute Gasteiger partial charge is 0.461 e. The molecule has 0 fully saturated rings. The van der Waals surface area contributed by atoms with Crippen molar-refractivity contribution in [3.8, 4) is 17.3 Å². The minimum absolute atomic E-state index is 0.0697. The molecular weight excluding hydrogens is 681 g/mol. The van der Waals surface area contributed by atoms with Gasteiger partial charge in [0.25, 0.3) is 0 Å². The van der Waals surface area contributed by atoms with E-state index in [2.05, 4.69) is 55.2 Å². The van der Waals surface area contributed by atoms with Crippen LogP contribution in [0.2, 0.25) is 15.1 Å². The summed E-state index contributed by atoms with van der Waals surface area (Å²) in [6, 6.07) is 5.22. The monoisotopic (exact) mass is 739 g/mol. The summed E-state index contributed by atoms with van der Waals surface area (Å²) in [4.78, 5) is 12.9. The van der Waals surface area contributed by atoms with E-state index in [4.69, 9.17) is 44.3 Å². The van der Waals surface area contributed by atoms with E-state index in [1.807, 2.05) is 0 Å². The van der Waals surface area contributed by atoms with Crippen LogP contribution in [0.25, 0.3) is 17.0 Å². The number of nitrogens with zero attached hydrogens (tertiary/aromatic N) is 3. The van der Waals surface area contributed by atoms with Gasteiger partial charge in [0.1, 0.15) is 11.8 Å². The van der Waals surface area contributed by atoms with Crippen LogP contribution in [0.5, 0.6) is 5.88 Å². The van der Waals surface area contributed by atoms with Crippen LogP contribution in [0.3, 0.4) is 0 Å². The molecule has 11 heteroatoms. The topological polar surface area (TPSA) is 93.5 Å². The van der Waals surface area contributed by atoms with E-state index in [1.165, 1.54) is 89.9 Å². The van der Waals surface area contributed by atoms with E-state index in [-0.39, 0.29) is 24.0 Å². The quantitative estimate of drug-likeness (QED) is 0.0510. The number of carbonyl (C=O) groups excluding carboxylic acids is 1. The van der Waals surface area contributed by atoms with Gasteiger partial charge < -0.3 is 9.47 Å². The van der Waals surface area contributed by atoms with Crippen LogP contribution in [0, 0.1) is 11.3 Å². The van der Waals surface area contributed by atoms with Crippen molar-refractivity contribution >= 4 is 46.4 Å². The molecule has 8 nitrogen and oxygen atoms in total. The Morgan fingerprint density at radius 1 is 0.857 bits per heavy atom. The molecule has 0 spiro atoms. The lowest BCUT2D eigenvalue weighted by molar-refractivity contribution is -0.155. The molecule has 2 N–H and O–H groups in total. The van der Waals surface area contributed by atoms with Crippen molar-refractivity contribution in [1.29, 1.82) is 0 Å². The molecule has 49 heavy (non-hydrogen) atoms. The predicted molar refractivity (Wildman–Crippen MR) is 204 cm³/mol. The van der Waals surface area contributed by atoms with Gasteiger partial charge in [-0.3, -0.25) is 9.89 Å². The number of halogens is 3. The Labute approximate surface area is 309 Å². The molecule has 3 aromatic rings. The number of unbranched alkanes of at least 4 members (excludes halogenated alkanes) is 15. The van der Waals surface area contributed by atoms with Gasteiger partial charge in [-0.15, -0.1) is 10.2 Å². The first kappa shape index (κ1) is 41.4. The third-order valence-corrected chi connectivity index (χ3v) is 9.97. The third-order valence-electron chi connectivity index (χ3n) is 8.89. The van der Waals surface area contributed by atoms with E-state index >= 15 is 0 Å². The second kappa shape index (κ2) is 22.0. The van der Waals surface area contributed by atoms with Crippen LogP contribution < -0.4 is 10.1 Å². The molecule has 0 saturated carbocycles. The maximum Gasteiger partial charge on any atom is 0.307 e. The molecule has 2 heterocycles. The summed E-state index contributed by atoms with van der Waals surface area (Å²) < 4.78 is 13.6. The second-order valence-corrected chi connectivity index (χ2v) is 16.0. The Morgan fingerprint density at radius 3 is 1.98 bits per heavy atom. The second-order valence-electron chi connectivity index (χ2n) is 14.8. The normalized spacial score (nSPS) is 13.2. The molecule has 0 aliphatic carbocycles. The molecule has 2 aromatic heterocycles. The molecular formula is C38H60Cl3N5O3. The van der Waals surface area contributed by atoms with Crippen LogP contribution in [0.1, 0.15) is 150 Å². The molecule has 0 aliphatic rings. The smallest absolute Gasteiger partial charge is 0.307 e. The fourth-order valence-electron chi connectivity index (χ4n) is 6.35. The number of ether oxygens (including phenoxy) is 2. The molecule has 3 rings (SSSR count). The van der Waals surface area contributed by atoms with E-state index < -0.39 is 6.23 Å². The maximum atomic E-state index is 12.9. The molecule has 0 aliphatic heterocycles. The van der Waals surface area contributed by atoms with Gasteiger partial charge in [-0.25, -0.2) is 9.83 Å². The predicted octanol–water partition coefficient (Wildman–Crippen LogP) is 12.2. The number of rotatable bonds is 25. The van der Waals surface area contributed by atoms with Crippen molar-refractivity contribution < 1.29 is 14.3 Å². The molecule has 0 bridgehead atoms. The number of hydrogen-bond donors (Lipinski definition) is 2. The Morgan fingerprint density at radius 2 is 1.43 bits per heavy atom. The Balaban J connectivity index is 1.37. The highest BCUT2D eigenvalue weighted by Crippen LogP contribution is 2.33. The SMILES string of the molecule is CCCCCCCCCCCCCCCCCCC(=O)OC(NCOc1[nH]n2c(-c3ccc(Cl)c(Cl)c3)nnc2c1Cl)C(C)CC(C)(C)C. The number of carbonyl (C=O) groups is 1. The molecule has 0 amide bonds. The number of H-pyrrole nitrogens is 1. The molecule has 0 radical (unpaired) electrons. The van der Waals surface area contributed by atoms with Crippen LogP contribution in [0.4, 0.5) is 0 Å². The van der Waals surface area contributed by atoms with Gasteiger partial charge in [-0.05, 0) is 36.5 Å². The van der Waals surface area contributed by atoms with Crippen molar-refractivity contribution in [2.24, 2.45) is 11.3 Å². The molecule has 276 valence electrons. The van der Waals surface area contributed by atoms with E-state index in [9.17, 15) is 4.79 Å². The first-order valence-electron chi connectivity index (χ1n) is 18.6. The number of hydrogen-bond acceptors (Lipinski definition) is 6. The van der Waals surface area contributed by atoms with Gasteiger partial charge in [-0.2, -0.15) is 0 Å². The van der Waals surface area contributed by atoms with Crippen molar-refractivity contribution in [3.63, 3.8) is 0 Å². The first-order valence-corrected chi connectivity index (χ1v) is 19.8. The Bertz CT molecular complexity index is 1390. The highest BCUT2D eigenvalue weighted by Gasteiger charge is 2.26. The number of aromatic amines is 1. The van der Waals surface area contributed by atoms with Gasteiger partial charge in [0.15, 0.2) is 17.7 Å². The summed E-state index contributed by atoms with van der Waals surface area (Å²) in [5, 5.41) is 16.0. The summed E-state index contributed by atoms with van der Waals surface area (Å²) in [6.07, 6.45) is 21.6. The van der Waals surface area contributed by atoms with E-state index in [1.54, 1.807) is 22.7 Å². The number of fused-ring (bicyclic) bond motifs is 1. The van der Waals surface area contributed by atoms with Crippen LogP contribution >= 0.6 is 34.8 Å². The average molecular weight is 741 g/mol. The summed E-state index contributed by atoms with van der Waals surface area (Å²) in [5.74, 6) is 0.720. The number of esters is 1. The van der Waals surface area contributed by atoms with Gasteiger partial charge in [0, 0.05) is 17.9 Å². The first-order chi connectivity index (χ1) is 23.5. The third kappa shape index (κ3) is 15.0. The van der Waals surface area contributed by atoms with Gasteiger partial charge in [0.05, 0.1) is 10.0 Å². The van der Waals surface area contributed by atoms with Gasteiger partial charge >= 0.3 is 5.97 Å². The minimum Gasteiger partial charge on any atom is -0.461 e. The number of benzene rings is 1. The lowest BCUT2D eigenvalue weighted by Gasteiger charge is -2.30. The van der Waals surface area contributed by atoms with Gasteiger partial charge in [-0.1, -0.05) is 166 Å². The fourth-order valence-corrected chi connectivity index (χ4v) is 6.87. The molecule has 2 unspecified atom stereocenters. The lowest BCUT2D eigenvalue weighted by Crippen LogP contribution is -2.42. The minimum atomic E-state index is -0.501. The van der Waals surface area contributed by atoms with Crippen molar-refractivity contribution in [2.75, 3.05) is 6.73 Å².